The zero-order chi connectivity index (χ0) is 15.3. The zero-order valence-corrected chi connectivity index (χ0v) is 13.4. The number of fused-ring (bicyclic) bond motifs is 2. The summed E-state index contributed by atoms with van der Waals surface area (Å²) in [7, 11) is 0.612. The molecule has 110 valence electrons. The average Bonchev–Trinajstić information content (AvgIpc) is 2.87. The highest BCUT2D eigenvalue weighted by Gasteiger charge is 2.50. The molecule has 6 heteroatoms. The van der Waals surface area contributed by atoms with Gasteiger partial charge in [-0.1, -0.05) is 13.8 Å². The van der Waals surface area contributed by atoms with E-state index in [1.165, 1.54) is 5.69 Å². The minimum absolute atomic E-state index is 0.108. The van der Waals surface area contributed by atoms with E-state index in [4.69, 9.17) is 4.74 Å². The monoisotopic (exact) mass is 303 g/mol. The van der Waals surface area contributed by atoms with E-state index >= 15 is 0 Å². The Hall–Kier alpha value is -1.50. The van der Waals surface area contributed by atoms with Crippen LogP contribution >= 0.6 is 8.73 Å². The standard InChI is InChI=1S/C15H18N3O2P/c1-14(2)8-15(6-10(7-16)13(14)19)12-11(4-5-20-15)18(21-3)9-17-12/h6,9,21H,4-5,8H2,1-3H3. The van der Waals surface area contributed by atoms with Crippen LogP contribution in [0.4, 0.5) is 0 Å². The van der Waals surface area contributed by atoms with Crippen LogP contribution in [0.1, 0.15) is 31.7 Å². The van der Waals surface area contributed by atoms with Crippen molar-refractivity contribution >= 4 is 14.5 Å². The molecule has 3 rings (SSSR count). The first-order valence-corrected chi connectivity index (χ1v) is 8.44. The molecule has 2 heterocycles. The molecule has 0 aromatic carbocycles. The average molecular weight is 303 g/mol. The number of allylic oxidation sites excluding steroid dienone is 1. The number of imidazole rings is 1. The van der Waals surface area contributed by atoms with Gasteiger partial charge in [0.1, 0.15) is 11.7 Å². The van der Waals surface area contributed by atoms with Crippen LogP contribution in [0.2, 0.25) is 0 Å². The van der Waals surface area contributed by atoms with Crippen LogP contribution in [0.25, 0.3) is 0 Å². The number of Topliss-reactive ketones (excluding diaryl/α,β-unsaturated/α-hetero) is 1. The Balaban J connectivity index is 2.19. The summed E-state index contributed by atoms with van der Waals surface area (Å²) in [6.45, 7) is 6.44. The van der Waals surface area contributed by atoms with E-state index in [2.05, 4.69) is 16.0 Å². The van der Waals surface area contributed by atoms with Crippen molar-refractivity contribution in [3.63, 3.8) is 0 Å². The van der Waals surface area contributed by atoms with Gasteiger partial charge in [-0.15, -0.1) is 0 Å². The van der Waals surface area contributed by atoms with Gasteiger partial charge in [0.05, 0.1) is 24.2 Å². The van der Waals surface area contributed by atoms with Crippen molar-refractivity contribution in [2.75, 3.05) is 13.3 Å². The minimum atomic E-state index is -0.735. The lowest BCUT2D eigenvalue weighted by molar-refractivity contribution is -0.131. The molecule has 2 aliphatic rings. The molecule has 1 aromatic heterocycles. The molecule has 2 atom stereocenters. The maximum absolute atomic E-state index is 12.3. The topological polar surface area (TPSA) is 67.9 Å². The van der Waals surface area contributed by atoms with Crippen molar-refractivity contribution in [1.82, 2.24) is 9.32 Å². The first-order valence-electron chi connectivity index (χ1n) is 7.00. The maximum atomic E-state index is 12.3. The molecule has 0 saturated carbocycles. The van der Waals surface area contributed by atoms with Gasteiger partial charge in [0.2, 0.25) is 0 Å². The molecule has 1 aromatic rings. The maximum Gasteiger partial charge on any atom is 0.178 e. The predicted octanol–water partition coefficient (Wildman–Crippen LogP) is 2.17. The first kappa shape index (κ1) is 14.4. The molecule has 0 fully saturated rings. The summed E-state index contributed by atoms with van der Waals surface area (Å²) in [5, 5.41) is 9.29. The van der Waals surface area contributed by atoms with Gasteiger partial charge in [0, 0.05) is 17.5 Å². The van der Waals surface area contributed by atoms with Gasteiger partial charge in [-0.3, -0.25) is 4.79 Å². The Morgan fingerprint density at radius 1 is 1.52 bits per heavy atom. The number of rotatable bonds is 1. The second-order valence-corrected chi connectivity index (χ2v) is 7.11. The minimum Gasteiger partial charge on any atom is -0.364 e. The SMILES string of the molecule is CPn1cnc2c1CCOC21C=C(C#N)C(=O)C(C)(C)C1. The molecule has 0 N–H and O–H groups in total. The Morgan fingerprint density at radius 2 is 2.29 bits per heavy atom. The second kappa shape index (κ2) is 4.76. The molecule has 0 saturated heterocycles. The van der Waals surface area contributed by atoms with Crippen LogP contribution in [0.3, 0.4) is 0 Å². The number of ketones is 1. The molecule has 5 nitrogen and oxygen atoms in total. The summed E-state index contributed by atoms with van der Waals surface area (Å²) in [6.07, 6.45) is 4.88. The Kier molecular flexibility index (Phi) is 3.27. The summed E-state index contributed by atoms with van der Waals surface area (Å²) < 4.78 is 8.20. The molecule has 0 radical (unpaired) electrons. The number of carbonyl (C=O) groups excluding carboxylic acids is 1. The highest BCUT2D eigenvalue weighted by molar-refractivity contribution is 7.35. The number of carbonyl (C=O) groups is 1. The highest BCUT2D eigenvalue weighted by atomic mass is 31.1. The first-order chi connectivity index (χ1) is 9.93. The van der Waals surface area contributed by atoms with Gasteiger partial charge in [-0.05, 0) is 27.9 Å². The van der Waals surface area contributed by atoms with Gasteiger partial charge in [0.15, 0.2) is 5.78 Å². The third-order valence-corrected chi connectivity index (χ3v) is 5.14. The molecule has 0 bridgehead atoms. The summed E-state index contributed by atoms with van der Waals surface area (Å²) in [6, 6.07) is 2.03. The molecule has 1 aliphatic heterocycles. The van der Waals surface area contributed by atoms with Crippen molar-refractivity contribution < 1.29 is 9.53 Å². The number of hydrogen-bond acceptors (Lipinski definition) is 4. The molecule has 1 spiro atoms. The smallest absolute Gasteiger partial charge is 0.178 e. The third-order valence-electron chi connectivity index (χ3n) is 4.27. The van der Waals surface area contributed by atoms with Crippen molar-refractivity contribution in [3.05, 3.63) is 29.4 Å². The summed E-state index contributed by atoms with van der Waals surface area (Å²) >= 11 is 0. The van der Waals surface area contributed by atoms with Crippen molar-refractivity contribution in [3.8, 4) is 6.07 Å². The number of aromatic nitrogens is 2. The molecule has 0 amide bonds. The van der Waals surface area contributed by atoms with Crippen molar-refractivity contribution in [2.45, 2.75) is 32.3 Å². The Morgan fingerprint density at radius 3 is 2.95 bits per heavy atom. The number of nitriles is 1. The van der Waals surface area contributed by atoms with Gasteiger partial charge >= 0.3 is 0 Å². The quantitative estimate of drug-likeness (QED) is 0.746. The fraction of sp³-hybridized carbons (Fsp3) is 0.533. The normalized spacial score (nSPS) is 27.7. The predicted molar refractivity (Wildman–Crippen MR) is 80.3 cm³/mol. The lowest BCUT2D eigenvalue weighted by Gasteiger charge is -2.42. The van der Waals surface area contributed by atoms with E-state index in [9.17, 15) is 10.1 Å². The molecule has 21 heavy (non-hydrogen) atoms. The summed E-state index contributed by atoms with van der Waals surface area (Å²) in [5.74, 6) is -0.108. The molecular weight excluding hydrogens is 285 g/mol. The van der Waals surface area contributed by atoms with Gasteiger partial charge in [-0.2, -0.15) is 5.26 Å². The summed E-state index contributed by atoms with van der Waals surface area (Å²) in [4.78, 5) is 16.9. The van der Waals surface area contributed by atoms with E-state index in [0.717, 1.165) is 12.1 Å². The lowest BCUT2D eigenvalue weighted by Crippen LogP contribution is -2.45. The second-order valence-electron chi connectivity index (χ2n) is 6.18. The summed E-state index contributed by atoms with van der Waals surface area (Å²) in [5.41, 5.74) is 0.873. The molecular formula is C15H18N3O2P. The third kappa shape index (κ3) is 2.06. The van der Waals surface area contributed by atoms with Crippen LogP contribution in [-0.2, 0) is 21.6 Å². The fourth-order valence-electron chi connectivity index (χ4n) is 3.34. The van der Waals surface area contributed by atoms with Crippen LogP contribution in [-0.4, -0.2) is 28.4 Å². The molecule has 2 unspecified atom stereocenters. The van der Waals surface area contributed by atoms with Gasteiger partial charge < -0.3 is 9.07 Å². The zero-order valence-electron chi connectivity index (χ0n) is 12.4. The Bertz CT molecular complexity index is 684. The van der Waals surface area contributed by atoms with Crippen LogP contribution in [0.15, 0.2) is 18.0 Å². The number of hydrogen-bond donors (Lipinski definition) is 0. The number of nitrogens with zero attached hydrogens (tertiary/aromatic N) is 3. The van der Waals surface area contributed by atoms with Gasteiger partial charge in [0.25, 0.3) is 0 Å². The van der Waals surface area contributed by atoms with Crippen molar-refractivity contribution in [2.24, 2.45) is 5.41 Å². The number of ether oxygens (including phenoxy) is 1. The van der Waals surface area contributed by atoms with Crippen LogP contribution < -0.4 is 0 Å². The molecule has 1 aliphatic carbocycles. The van der Waals surface area contributed by atoms with E-state index in [0.29, 0.717) is 21.8 Å². The van der Waals surface area contributed by atoms with E-state index in [1.807, 2.05) is 26.2 Å². The van der Waals surface area contributed by atoms with E-state index in [-0.39, 0.29) is 11.4 Å². The van der Waals surface area contributed by atoms with E-state index < -0.39 is 11.0 Å². The fourth-order valence-corrected chi connectivity index (χ4v) is 4.00. The van der Waals surface area contributed by atoms with Gasteiger partial charge in [-0.25, -0.2) is 4.98 Å². The van der Waals surface area contributed by atoms with Crippen LogP contribution in [0.5, 0.6) is 0 Å². The Labute approximate surface area is 125 Å². The largest absolute Gasteiger partial charge is 0.364 e. The highest BCUT2D eigenvalue weighted by Crippen LogP contribution is 2.48. The van der Waals surface area contributed by atoms with E-state index in [1.54, 1.807) is 6.08 Å². The van der Waals surface area contributed by atoms with Crippen LogP contribution in [0, 0.1) is 16.7 Å². The van der Waals surface area contributed by atoms with Crippen molar-refractivity contribution in [1.29, 1.82) is 5.26 Å². The lowest BCUT2D eigenvalue weighted by atomic mass is 9.68.